The van der Waals surface area contributed by atoms with Crippen LogP contribution in [0.1, 0.15) is 27.0 Å². The van der Waals surface area contributed by atoms with Crippen LogP contribution in [0, 0.1) is 22.9 Å². The van der Waals surface area contributed by atoms with Crippen molar-refractivity contribution in [2.45, 2.75) is 6.92 Å². The number of phenols is 1. The molecule has 3 aromatic rings. The molecule has 4 nitrogen and oxygen atoms in total. The fourth-order valence-corrected chi connectivity index (χ4v) is 2.91. The number of hydrogen-bond donors (Lipinski definition) is 2. The van der Waals surface area contributed by atoms with E-state index in [2.05, 4.69) is 11.1 Å². The highest BCUT2D eigenvalue weighted by Gasteiger charge is 2.21. The average molecular weight is 346 g/mol. The number of nitrogens with zero attached hydrogens (tertiary/aromatic N) is 1. The molecule has 2 aromatic carbocycles. The Hall–Kier alpha value is -3.23. The highest BCUT2D eigenvalue weighted by atomic mass is 32.1. The van der Waals surface area contributed by atoms with Crippen LogP contribution in [0.3, 0.4) is 0 Å². The van der Waals surface area contributed by atoms with Crippen molar-refractivity contribution in [1.29, 1.82) is 5.26 Å². The molecule has 1 aromatic heterocycles. The molecular weight excluding hydrogens is 332 g/mol. The summed E-state index contributed by atoms with van der Waals surface area (Å²) in [4.78, 5) is 15.8. The van der Waals surface area contributed by atoms with Gasteiger partial charge >= 0.3 is 0 Å². The van der Waals surface area contributed by atoms with E-state index < -0.39 is 0 Å². The summed E-state index contributed by atoms with van der Waals surface area (Å²) in [5.74, 6) is -0.468. The van der Waals surface area contributed by atoms with Crippen LogP contribution in [0.25, 0.3) is 11.1 Å². The number of aromatic hydroxyl groups is 1. The van der Waals surface area contributed by atoms with Crippen LogP contribution in [0.15, 0.2) is 54.7 Å². The summed E-state index contributed by atoms with van der Waals surface area (Å²) in [6, 6.07) is 16.1. The zero-order valence-corrected chi connectivity index (χ0v) is 14.2. The lowest BCUT2D eigenvalue weighted by molar-refractivity contribution is 0.103. The van der Waals surface area contributed by atoms with Crippen molar-refractivity contribution in [3.05, 3.63) is 81.6 Å². The van der Waals surface area contributed by atoms with Crippen molar-refractivity contribution >= 4 is 18.0 Å². The molecule has 0 saturated heterocycles. The molecule has 0 aliphatic carbocycles. The molecule has 0 fully saturated rings. The van der Waals surface area contributed by atoms with Crippen LogP contribution in [0.2, 0.25) is 0 Å². The van der Waals surface area contributed by atoms with E-state index in [0.717, 1.165) is 5.56 Å². The molecule has 0 amide bonds. The molecule has 3 rings (SSSR count). The standard InChI is InChI=1S/C20H14N2O2S/c1-12-7-8-14(17(23)9-12)19(24)16-11-22-20(25)15(10-21)18(16)13-5-3-2-4-6-13/h2-9,11,23H,1H3,(H,22,25). The molecule has 122 valence electrons. The Morgan fingerprint density at radius 3 is 2.52 bits per heavy atom. The minimum Gasteiger partial charge on any atom is -0.507 e. The van der Waals surface area contributed by atoms with Gasteiger partial charge in [-0.15, -0.1) is 0 Å². The molecule has 2 N–H and O–H groups in total. The van der Waals surface area contributed by atoms with E-state index in [-0.39, 0.29) is 32.9 Å². The molecule has 0 saturated carbocycles. The van der Waals surface area contributed by atoms with Crippen LogP contribution in [-0.2, 0) is 0 Å². The number of nitrogens with one attached hydrogen (secondary N) is 1. The van der Waals surface area contributed by atoms with E-state index >= 15 is 0 Å². The van der Waals surface area contributed by atoms with E-state index in [1.165, 1.54) is 12.3 Å². The summed E-state index contributed by atoms with van der Waals surface area (Å²) < 4.78 is 0.269. The lowest BCUT2D eigenvalue weighted by Crippen LogP contribution is -2.07. The van der Waals surface area contributed by atoms with E-state index in [1.54, 1.807) is 12.1 Å². The van der Waals surface area contributed by atoms with Gasteiger partial charge in [-0.1, -0.05) is 48.6 Å². The highest BCUT2D eigenvalue weighted by Crippen LogP contribution is 2.31. The fourth-order valence-electron chi connectivity index (χ4n) is 2.70. The van der Waals surface area contributed by atoms with Gasteiger partial charge < -0.3 is 10.1 Å². The van der Waals surface area contributed by atoms with E-state index in [0.29, 0.717) is 11.1 Å². The van der Waals surface area contributed by atoms with Gasteiger partial charge in [0.1, 0.15) is 16.5 Å². The van der Waals surface area contributed by atoms with Gasteiger partial charge in [-0.3, -0.25) is 4.79 Å². The molecular formula is C20H14N2O2S. The van der Waals surface area contributed by atoms with Gasteiger partial charge in [0.05, 0.1) is 11.1 Å². The Bertz CT molecular complexity index is 1060. The van der Waals surface area contributed by atoms with Gasteiger partial charge in [-0.05, 0) is 30.2 Å². The monoisotopic (exact) mass is 346 g/mol. The molecule has 5 heteroatoms. The van der Waals surface area contributed by atoms with Crippen LogP contribution in [0.4, 0.5) is 0 Å². The first kappa shape index (κ1) is 16.6. The molecule has 0 unspecified atom stereocenters. The topological polar surface area (TPSA) is 76.9 Å². The Kier molecular flexibility index (Phi) is 4.46. The Labute approximate surface area is 150 Å². The van der Waals surface area contributed by atoms with Crippen LogP contribution in [0.5, 0.6) is 5.75 Å². The molecule has 0 bridgehead atoms. The first-order valence-electron chi connectivity index (χ1n) is 7.58. The van der Waals surface area contributed by atoms with Crippen LogP contribution in [-0.4, -0.2) is 15.9 Å². The maximum atomic E-state index is 13.0. The number of phenolic OH excluding ortho intramolecular Hbond substituents is 1. The number of benzene rings is 2. The maximum Gasteiger partial charge on any atom is 0.198 e. The summed E-state index contributed by atoms with van der Waals surface area (Å²) in [5, 5.41) is 19.7. The van der Waals surface area contributed by atoms with Gasteiger partial charge in [0, 0.05) is 17.3 Å². The van der Waals surface area contributed by atoms with Gasteiger partial charge in [-0.25, -0.2) is 0 Å². The summed E-state index contributed by atoms with van der Waals surface area (Å²) >= 11 is 5.21. The number of pyridine rings is 1. The van der Waals surface area contributed by atoms with E-state index in [1.807, 2.05) is 37.3 Å². The van der Waals surface area contributed by atoms with Gasteiger partial charge in [0.15, 0.2) is 5.78 Å². The smallest absolute Gasteiger partial charge is 0.198 e. The predicted octanol–water partition coefficient (Wildman–Crippen LogP) is 4.53. The normalized spacial score (nSPS) is 10.2. The van der Waals surface area contributed by atoms with Crippen LogP contribution >= 0.6 is 12.2 Å². The minimum absolute atomic E-state index is 0.0926. The van der Waals surface area contributed by atoms with Gasteiger partial charge in [0.25, 0.3) is 0 Å². The second-order valence-corrected chi connectivity index (χ2v) is 6.02. The second-order valence-electron chi connectivity index (χ2n) is 5.61. The predicted molar refractivity (Wildman–Crippen MR) is 98.1 cm³/mol. The Balaban J connectivity index is 2.29. The largest absolute Gasteiger partial charge is 0.507 e. The number of aryl methyl sites for hydroxylation is 1. The zero-order valence-electron chi connectivity index (χ0n) is 13.4. The summed E-state index contributed by atoms with van der Waals surface area (Å²) in [7, 11) is 0. The van der Waals surface area contributed by atoms with Crippen molar-refractivity contribution in [3.8, 4) is 22.9 Å². The third-order valence-electron chi connectivity index (χ3n) is 3.91. The number of carbonyl (C=O) groups is 1. The number of aromatic nitrogens is 1. The van der Waals surface area contributed by atoms with Crippen molar-refractivity contribution < 1.29 is 9.90 Å². The maximum absolute atomic E-state index is 13.0. The summed E-state index contributed by atoms with van der Waals surface area (Å²) in [6.07, 6.45) is 1.49. The second kappa shape index (κ2) is 6.71. The molecule has 0 spiro atoms. The third-order valence-corrected chi connectivity index (χ3v) is 4.23. The Morgan fingerprint density at radius 2 is 1.88 bits per heavy atom. The summed E-state index contributed by atoms with van der Waals surface area (Å²) in [6.45, 7) is 1.83. The zero-order chi connectivity index (χ0) is 18.0. The number of aromatic amines is 1. The molecule has 1 heterocycles. The van der Waals surface area contributed by atoms with Crippen molar-refractivity contribution in [1.82, 2.24) is 4.98 Å². The number of carbonyl (C=O) groups excluding carboxylic acids is 1. The summed E-state index contributed by atoms with van der Waals surface area (Å²) in [5.41, 5.74) is 2.74. The lowest BCUT2D eigenvalue weighted by Gasteiger charge is -2.12. The number of nitriles is 1. The van der Waals surface area contributed by atoms with Crippen molar-refractivity contribution in [2.75, 3.05) is 0 Å². The highest BCUT2D eigenvalue weighted by molar-refractivity contribution is 7.71. The molecule has 0 aliphatic rings. The first-order valence-corrected chi connectivity index (χ1v) is 7.99. The number of H-pyrrole nitrogens is 1. The SMILES string of the molecule is Cc1ccc(C(=O)c2c[nH]c(=S)c(C#N)c2-c2ccccc2)c(O)c1. The third kappa shape index (κ3) is 3.08. The lowest BCUT2D eigenvalue weighted by atomic mass is 9.92. The van der Waals surface area contributed by atoms with Crippen LogP contribution < -0.4 is 0 Å². The van der Waals surface area contributed by atoms with Gasteiger partial charge in [-0.2, -0.15) is 5.26 Å². The number of ketones is 1. The quantitative estimate of drug-likeness (QED) is 0.540. The molecule has 0 atom stereocenters. The van der Waals surface area contributed by atoms with Gasteiger partial charge in [0.2, 0.25) is 0 Å². The van der Waals surface area contributed by atoms with Crippen molar-refractivity contribution in [2.24, 2.45) is 0 Å². The molecule has 0 aliphatic heterocycles. The minimum atomic E-state index is -0.376. The average Bonchev–Trinajstić information content (AvgIpc) is 2.61. The first-order chi connectivity index (χ1) is 12.0. The number of rotatable bonds is 3. The van der Waals surface area contributed by atoms with E-state index in [9.17, 15) is 15.2 Å². The molecule has 0 radical (unpaired) electrons. The Morgan fingerprint density at radius 1 is 1.16 bits per heavy atom. The fraction of sp³-hybridized carbons (Fsp3) is 0.0500. The van der Waals surface area contributed by atoms with Crippen molar-refractivity contribution in [3.63, 3.8) is 0 Å². The number of hydrogen-bond acceptors (Lipinski definition) is 4. The molecule has 25 heavy (non-hydrogen) atoms. The van der Waals surface area contributed by atoms with E-state index in [4.69, 9.17) is 12.2 Å².